The van der Waals surface area contributed by atoms with Gasteiger partial charge in [0, 0.05) is 20.3 Å². The van der Waals surface area contributed by atoms with Crippen molar-refractivity contribution in [1.29, 1.82) is 0 Å². The highest BCUT2D eigenvalue weighted by atomic mass is 35.5. The van der Waals surface area contributed by atoms with Crippen LogP contribution < -0.4 is 10.0 Å². The summed E-state index contributed by atoms with van der Waals surface area (Å²) in [5, 5.41) is 3.12. The molecule has 2 heterocycles. The van der Waals surface area contributed by atoms with Crippen molar-refractivity contribution in [2.45, 2.75) is 10.6 Å². The summed E-state index contributed by atoms with van der Waals surface area (Å²) in [5.74, 6) is 0.679. The fourth-order valence-electron chi connectivity index (χ4n) is 1.64. The molecule has 0 radical (unpaired) electrons. The molecule has 2 aromatic rings. The third-order valence-corrected chi connectivity index (χ3v) is 5.76. The lowest BCUT2D eigenvalue weighted by atomic mass is 10.4. The van der Waals surface area contributed by atoms with Crippen LogP contribution >= 0.6 is 22.9 Å². The van der Waals surface area contributed by atoms with Gasteiger partial charge in [-0.25, -0.2) is 13.4 Å². The van der Waals surface area contributed by atoms with Gasteiger partial charge in [0.1, 0.15) is 10.0 Å². The molecule has 22 heavy (non-hydrogen) atoms. The van der Waals surface area contributed by atoms with E-state index in [0.717, 1.165) is 24.3 Å². The van der Waals surface area contributed by atoms with Crippen molar-refractivity contribution in [3.63, 3.8) is 0 Å². The van der Waals surface area contributed by atoms with Gasteiger partial charge in [0.15, 0.2) is 0 Å². The highest BCUT2D eigenvalue weighted by molar-refractivity contribution is 7.94. The van der Waals surface area contributed by atoms with Gasteiger partial charge in [-0.05, 0) is 30.7 Å². The molecule has 2 rings (SSSR count). The summed E-state index contributed by atoms with van der Waals surface area (Å²) in [4.78, 5) is 4.16. The van der Waals surface area contributed by atoms with Crippen LogP contribution in [0.15, 0.2) is 34.7 Å². The molecule has 0 aliphatic rings. The Hall–Kier alpha value is -1.35. The van der Waals surface area contributed by atoms with Crippen molar-refractivity contribution in [1.82, 2.24) is 4.98 Å². The molecule has 0 amide bonds. The standard InChI is InChI=1S/C13H16ClN3O3S2/c1-20-8-2-7-15-12-5-3-10(9-16-12)17-22(18,19)13-6-4-11(14)21-13/h3-6,9,17H,2,7-8H2,1H3,(H,15,16). The molecule has 0 saturated carbocycles. The maximum Gasteiger partial charge on any atom is 0.271 e. The minimum Gasteiger partial charge on any atom is -0.385 e. The summed E-state index contributed by atoms with van der Waals surface area (Å²) >= 11 is 6.76. The van der Waals surface area contributed by atoms with Gasteiger partial charge in [0.25, 0.3) is 10.0 Å². The Labute approximate surface area is 138 Å². The molecular weight excluding hydrogens is 346 g/mol. The van der Waals surface area contributed by atoms with Crippen LogP contribution in [0, 0.1) is 0 Å². The molecule has 0 aliphatic heterocycles. The fourth-order valence-corrected chi connectivity index (χ4v) is 4.17. The summed E-state index contributed by atoms with van der Waals surface area (Å²) in [7, 11) is -1.97. The SMILES string of the molecule is COCCCNc1ccc(NS(=O)(=O)c2ccc(Cl)s2)cn1. The molecule has 0 saturated heterocycles. The Morgan fingerprint density at radius 2 is 2.14 bits per heavy atom. The smallest absolute Gasteiger partial charge is 0.271 e. The lowest BCUT2D eigenvalue weighted by Crippen LogP contribution is -2.12. The van der Waals surface area contributed by atoms with Crippen LogP contribution in [0.2, 0.25) is 4.34 Å². The number of thiophene rings is 1. The number of sulfonamides is 1. The van der Waals surface area contributed by atoms with E-state index < -0.39 is 10.0 Å². The van der Waals surface area contributed by atoms with Crippen LogP contribution in [0.3, 0.4) is 0 Å². The first-order chi connectivity index (χ1) is 10.5. The minimum absolute atomic E-state index is 0.166. The molecule has 0 fully saturated rings. The second-order valence-electron chi connectivity index (χ2n) is 4.37. The normalized spacial score (nSPS) is 11.4. The maximum absolute atomic E-state index is 12.1. The molecule has 6 nitrogen and oxygen atoms in total. The third kappa shape index (κ3) is 4.84. The molecular formula is C13H16ClN3O3S2. The van der Waals surface area contributed by atoms with Crippen LogP contribution in [0.4, 0.5) is 11.5 Å². The number of hydrogen-bond donors (Lipinski definition) is 2. The van der Waals surface area contributed by atoms with Gasteiger partial charge in [-0.1, -0.05) is 11.6 Å². The number of methoxy groups -OCH3 is 1. The number of anilines is 2. The van der Waals surface area contributed by atoms with E-state index in [1.807, 2.05) is 0 Å². The zero-order valence-corrected chi connectivity index (χ0v) is 14.3. The van der Waals surface area contributed by atoms with Gasteiger partial charge < -0.3 is 10.1 Å². The number of nitrogens with one attached hydrogen (secondary N) is 2. The summed E-state index contributed by atoms with van der Waals surface area (Å²) in [6.45, 7) is 1.41. The average molecular weight is 362 g/mol. The van der Waals surface area contributed by atoms with Gasteiger partial charge in [-0.3, -0.25) is 4.72 Å². The van der Waals surface area contributed by atoms with Crippen molar-refractivity contribution >= 4 is 44.5 Å². The maximum atomic E-state index is 12.1. The molecule has 0 bridgehead atoms. The molecule has 0 unspecified atom stereocenters. The van der Waals surface area contributed by atoms with E-state index in [1.54, 1.807) is 25.3 Å². The lowest BCUT2D eigenvalue weighted by Gasteiger charge is -2.08. The summed E-state index contributed by atoms with van der Waals surface area (Å²) in [5.41, 5.74) is 0.395. The Balaban J connectivity index is 1.96. The van der Waals surface area contributed by atoms with Crippen molar-refractivity contribution in [3.05, 3.63) is 34.8 Å². The highest BCUT2D eigenvalue weighted by Crippen LogP contribution is 2.27. The molecule has 0 spiro atoms. The zero-order valence-electron chi connectivity index (χ0n) is 11.9. The van der Waals surface area contributed by atoms with Crippen molar-refractivity contribution < 1.29 is 13.2 Å². The molecule has 2 aromatic heterocycles. The topological polar surface area (TPSA) is 80.3 Å². The van der Waals surface area contributed by atoms with Crippen LogP contribution in [-0.2, 0) is 14.8 Å². The number of rotatable bonds is 8. The molecule has 0 aliphatic carbocycles. The van der Waals surface area contributed by atoms with Gasteiger partial charge >= 0.3 is 0 Å². The van der Waals surface area contributed by atoms with E-state index in [4.69, 9.17) is 16.3 Å². The number of nitrogens with zero attached hydrogens (tertiary/aromatic N) is 1. The van der Waals surface area contributed by atoms with Crippen LogP contribution in [0.25, 0.3) is 0 Å². The van der Waals surface area contributed by atoms with E-state index in [9.17, 15) is 8.42 Å². The van der Waals surface area contributed by atoms with Gasteiger partial charge in [0.2, 0.25) is 0 Å². The molecule has 9 heteroatoms. The van der Waals surface area contributed by atoms with E-state index in [0.29, 0.717) is 22.4 Å². The molecule has 120 valence electrons. The quantitative estimate of drug-likeness (QED) is 0.706. The Morgan fingerprint density at radius 1 is 1.32 bits per heavy atom. The number of pyridine rings is 1. The van der Waals surface area contributed by atoms with Gasteiger partial charge in [-0.15, -0.1) is 11.3 Å². The zero-order chi connectivity index (χ0) is 16.0. The first-order valence-corrected chi connectivity index (χ1v) is 9.16. The van der Waals surface area contributed by atoms with Crippen LogP contribution in [0.1, 0.15) is 6.42 Å². The van der Waals surface area contributed by atoms with Gasteiger partial charge in [0.05, 0.1) is 16.2 Å². The third-order valence-electron chi connectivity index (χ3n) is 2.66. The predicted molar refractivity (Wildman–Crippen MR) is 89.4 cm³/mol. The van der Waals surface area contributed by atoms with Crippen LogP contribution in [0.5, 0.6) is 0 Å². The van der Waals surface area contributed by atoms with E-state index in [-0.39, 0.29) is 4.21 Å². The largest absolute Gasteiger partial charge is 0.385 e. The van der Waals surface area contributed by atoms with Gasteiger partial charge in [-0.2, -0.15) is 0 Å². The minimum atomic E-state index is -3.62. The van der Waals surface area contributed by atoms with E-state index in [1.165, 1.54) is 12.3 Å². The monoisotopic (exact) mass is 361 g/mol. The van der Waals surface area contributed by atoms with Crippen molar-refractivity contribution in [2.24, 2.45) is 0 Å². The predicted octanol–water partition coefficient (Wildman–Crippen LogP) is 3.05. The lowest BCUT2D eigenvalue weighted by molar-refractivity contribution is 0.198. The van der Waals surface area contributed by atoms with E-state index in [2.05, 4.69) is 15.0 Å². The molecule has 0 atom stereocenters. The number of hydrogen-bond acceptors (Lipinski definition) is 6. The highest BCUT2D eigenvalue weighted by Gasteiger charge is 2.16. The second kappa shape index (κ2) is 7.77. The van der Waals surface area contributed by atoms with Crippen molar-refractivity contribution in [2.75, 3.05) is 30.3 Å². The summed E-state index contributed by atoms with van der Waals surface area (Å²) in [6, 6.07) is 6.38. The Bertz CT molecular complexity index is 702. The van der Waals surface area contributed by atoms with E-state index >= 15 is 0 Å². The number of ether oxygens (including phenoxy) is 1. The summed E-state index contributed by atoms with van der Waals surface area (Å²) < 4.78 is 32.3. The number of halogens is 1. The number of aromatic nitrogens is 1. The molecule has 2 N–H and O–H groups in total. The second-order valence-corrected chi connectivity index (χ2v) is 7.99. The first-order valence-electron chi connectivity index (χ1n) is 6.48. The fraction of sp³-hybridized carbons (Fsp3) is 0.308. The Morgan fingerprint density at radius 3 is 2.73 bits per heavy atom. The summed E-state index contributed by atoms with van der Waals surface area (Å²) in [6.07, 6.45) is 2.33. The molecule has 0 aromatic carbocycles. The average Bonchev–Trinajstić information content (AvgIpc) is 2.93. The van der Waals surface area contributed by atoms with Crippen LogP contribution in [-0.4, -0.2) is 33.7 Å². The van der Waals surface area contributed by atoms with Crippen molar-refractivity contribution in [3.8, 4) is 0 Å². The Kier molecular flexibility index (Phi) is 6.01. The first kappa shape index (κ1) is 17.0.